The maximum Gasteiger partial charge on any atom is 0.335 e. The molecule has 0 saturated carbocycles. The number of benzene rings is 1. The molecule has 0 spiro atoms. The highest BCUT2D eigenvalue weighted by Crippen LogP contribution is 2.27. The van der Waals surface area contributed by atoms with Crippen LogP contribution in [0.3, 0.4) is 0 Å². The van der Waals surface area contributed by atoms with E-state index in [4.69, 9.17) is 5.11 Å². The van der Waals surface area contributed by atoms with Crippen LogP contribution in [0.15, 0.2) is 42.9 Å². The summed E-state index contributed by atoms with van der Waals surface area (Å²) in [5.74, 6) is -0.470. The van der Waals surface area contributed by atoms with Crippen LogP contribution in [0.25, 0.3) is 11.3 Å². The van der Waals surface area contributed by atoms with E-state index in [0.717, 1.165) is 35.3 Å². The highest BCUT2D eigenvalue weighted by molar-refractivity contribution is 5.88. The third-order valence-corrected chi connectivity index (χ3v) is 5.43. The van der Waals surface area contributed by atoms with Crippen molar-refractivity contribution in [3.8, 4) is 11.3 Å². The van der Waals surface area contributed by atoms with Crippen molar-refractivity contribution in [2.24, 2.45) is 0 Å². The first-order chi connectivity index (χ1) is 14.4. The molecule has 30 heavy (non-hydrogen) atoms. The fourth-order valence-electron chi connectivity index (χ4n) is 4.05. The summed E-state index contributed by atoms with van der Waals surface area (Å²) in [5, 5.41) is 20.4. The first-order valence-corrected chi connectivity index (χ1v) is 10.1. The summed E-state index contributed by atoms with van der Waals surface area (Å²) < 4.78 is 2.02. The summed E-state index contributed by atoms with van der Waals surface area (Å²) in [7, 11) is 0. The Hall–Kier alpha value is -3.26. The molecule has 3 atom stereocenters. The van der Waals surface area contributed by atoms with Crippen molar-refractivity contribution in [1.82, 2.24) is 25.1 Å². The smallest absolute Gasteiger partial charge is 0.335 e. The van der Waals surface area contributed by atoms with E-state index in [2.05, 4.69) is 39.5 Å². The van der Waals surface area contributed by atoms with Gasteiger partial charge in [-0.05, 0) is 51.3 Å². The molecular formula is C22H26N6O2. The van der Waals surface area contributed by atoms with Crippen LogP contribution in [0.5, 0.6) is 0 Å². The zero-order chi connectivity index (χ0) is 21.3. The lowest BCUT2D eigenvalue weighted by molar-refractivity contribution is 0.0697. The molecule has 156 valence electrons. The molecule has 0 bridgehead atoms. The van der Waals surface area contributed by atoms with Crippen LogP contribution < -0.4 is 10.6 Å². The number of nitrogens with one attached hydrogen (secondary N) is 2. The van der Waals surface area contributed by atoms with E-state index in [1.807, 2.05) is 17.8 Å². The lowest BCUT2D eigenvalue weighted by Gasteiger charge is -2.32. The second-order valence-electron chi connectivity index (χ2n) is 8.04. The van der Waals surface area contributed by atoms with Gasteiger partial charge < -0.3 is 15.7 Å². The Bertz CT molecular complexity index is 1040. The van der Waals surface area contributed by atoms with Gasteiger partial charge in [-0.15, -0.1) is 0 Å². The normalized spacial score (nSPS) is 21.4. The summed E-state index contributed by atoms with van der Waals surface area (Å²) in [4.78, 5) is 20.1. The van der Waals surface area contributed by atoms with Gasteiger partial charge in [0.05, 0.1) is 29.2 Å². The van der Waals surface area contributed by atoms with Gasteiger partial charge in [-0.1, -0.05) is 12.1 Å². The molecule has 3 N–H and O–H groups in total. The van der Waals surface area contributed by atoms with Crippen LogP contribution in [-0.2, 0) is 0 Å². The highest BCUT2D eigenvalue weighted by Gasteiger charge is 2.25. The number of anilines is 2. The van der Waals surface area contributed by atoms with Crippen molar-refractivity contribution in [1.29, 1.82) is 0 Å². The number of hydrogen-bond donors (Lipinski definition) is 3. The molecule has 3 heterocycles. The number of hydrogen-bond acceptors (Lipinski definition) is 6. The molecule has 1 aliphatic rings. The Morgan fingerprint density at radius 3 is 2.53 bits per heavy atom. The van der Waals surface area contributed by atoms with Crippen LogP contribution >= 0.6 is 0 Å². The Morgan fingerprint density at radius 1 is 1.17 bits per heavy atom. The van der Waals surface area contributed by atoms with Gasteiger partial charge in [0.1, 0.15) is 0 Å². The molecule has 1 fully saturated rings. The molecule has 0 aliphatic carbocycles. The van der Waals surface area contributed by atoms with Gasteiger partial charge in [-0.3, -0.25) is 4.68 Å². The van der Waals surface area contributed by atoms with E-state index in [0.29, 0.717) is 24.1 Å². The van der Waals surface area contributed by atoms with Crippen molar-refractivity contribution in [3.63, 3.8) is 0 Å². The van der Waals surface area contributed by atoms with Crippen LogP contribution in [0.1, 0.15) is 48.7 Å². The number of carboxylic acid groups (broad SMARTS) is 1. The van der Waals surface area contributed by atoms with Crippen molar-refractivity contribution < 1.29 is 9.90 Å². The molecule has 8 heteroatoms. The summed E-state index contributed by atoms with van der Waals surface area (Å²) in [6.07, 6.45) is 7.64. The molecule has 0 amide bonds. The Labute approximate surface area is 175 Å². The van der Waals surface area contributed by atoms with Crippen molar-refractivity contribution in [3.05, 3.63) is 54.0 Å². The van der Waals surface area contributed by atoms with E-state index in [1.54, 1.807) is 36.7 Å². The Balaban J connectivity index is 1.52. The molecule has 1 aliphatic heterocycles. The molecule has 8 nitrogen and oxygen atoms in total. The topological polar surface area (TPSA) is 105 Å². The quantitative estimate of drug-likeness (QED) is 0.592. The Kier molecular flexibility index (Phi) is 5.50. The second kappa shape index (κ2) is 8.23. The SMILES string of the molecule is Cc1cnc(Nc2cnn([C@@H]3C[C@@H](C)N[C@@H](C)C3)c2)nc1-c1ccc(C(=O)O)cc1. The first-order valence-electron chi connectivity index (χ1n) is 10.1. The lowest BCUT2D eigenvalue weighted by Crippen LogP contribution is -2.43. The molecule has 3 aromatic rings. The molecule has 1 saturated heterocycles. The predicted octanol–water partition coefficient (Wildman–Crippen LogP) is 3.79. The zero-order valence-electron chi connectivity index (χ0n) is 17.3. The van der Waals surface area contributed by atoms with Crippen LogP contribution in [0.2, 0.25) is 0 Å². The minimum Gasteiger partial charge on any atom is -0.478 e. The van der Waals surface area contributed by atoms with E-state index in [-0.39, 0.29) is 5.56 Å². The Morgan fingerprint density at radius 2 is 1.87 bits per heavy atom. The molecule has 0 radical (unpaired) electrons. The van der Waals surface area contributed by atoms with Gasteiger partial charge >= 0.3 is 5.97 Å². The van der Waals surface area contributed by atoms with E-state index >= 15 is 0 Å². The van der Waals surface area contributed by atoms with Crippen LogP contribution in [0, 0.1) is 6.92 Å². The lowest BCUT2D eigenvalue weighted by atomic mass is 9.95. The average molecular weight is 406 g/mol. The monoisotopic (exact) mass is 406 g/mol. The average Bonchev–Trinajstić information content (AvgIpc) is 3.17. The number of piperidine rings is 1. The predicted molar refractivity (Wildman–Crippen MR) is 115 cm³/mol. The zero-order valence-corrected chi connectivity index (χ0v) is 17.3. The number of aromatic nitrogens is 4. The van der Waals surface area contributed by atoms with Gasteiger partial charge in [0.25, 0.3) is 0 Å². The first kappa shape index (κ1) is 20.0. The minimum absolute atomic E-state index is 0.248. The van der Waals surface area contributed by atoms with Gasteiger partial charge in [0.15, 0.2) is 0 Å². The van der Waals surface area contributed by atoms with Crippen molar-refractivity contribution in [2.75, 3.05) is 5.32 Å². The van der Waals surface area contributed by atoms with E-state index in [9.17, 15) is 4.79 Å². The summed E-state index contributed by atoms with van der Waals surface area (Å²) in [6.45, 7) is 6.34. The number of aromatic carboxylic acids is 1. The van der Waals surface area contributed by atoms with Crippen molar-refractivity contribution in [2.45, 2.75) is 51.7 Å². The van der Waals surface area contributed by atoms with E-state index < -0.39 is 5.97 Å². The van der Waals surface area contributed by atoms with E-state index in [1.165, 1.54) is 0 Å². The summed E-state index contributed by atoms with van der Waals surface area (Å²) in [5.41, 5.74) is 3.61. The summed E-state index contributed by atoms with van der Waals surface area (Å²) in [6, 6.07) is 7.99. The fourth-order valence-corrected chi connectivity index (χ4v) is 4.05. The third kappa shape index (κ3) is 4.33. The minimum atomic E-state index is -0.946. The molecule has 2 aromatic heterocycles. The molecular weight excluding hydrogens is 380 g/mol. The van der Waals surface area contributed by atoms with Gasteiger partial charge in [0.2, 0.25) is 5.95 Å². The van der Waals surface area contributed by atoms with Gasteiger partial charge in [-0.2, -0.15) is 5.10 Å². The maximum absolute atomic E-state index is 11.1. The largest absolute Gasteiger partial charge is 0.478 e. The van der Waals surface area contributed by atoms with Crippen molar-refractivity contribution >= 4 is 17.6 Å². The molecule has 0 unspecified atom stereocenters. The van der Waals surface area contributed by atoms with Crippen LogP contribution in [0.4, 0.5) is 11.6 Å². The molecule has 1 aromatic carbocycles. The number of aryl methyl sites for hydroxylation is 1. The number of carboxylic acids is 1. The number of nitrogens with zero attached hydrogens (tertiary/aromatic N) is 4. The van der Waals surface area contributed by atoms with Gasteiger partial charge in [0, 0.05) is 30.0 Å². The third-order valence-electron chi connectivity index (χ3n) is 5.43. The fraction of sp³-hybridized carbons (Fsp3) is 0.364. The molecule has 4 rings (SSSR count). The highest BCUT2D eigenvalue weighted by atomic mass is 16.4. The number of carbonyl (C=O) groups is 1. The number of rotatable bonds is 5. The standard InChI is InChI=1S/C22H26N6O2/c1-13-10-23-22(27-20(13)16-4-6-17(7-5-16)21(29)30)26-18-11-24-28(12-18)19-8-14(2)25-15(3)9-19/h4-7,10-12,14-15,19,25H,8-9H2,1-3H3,(H,29,30)(H,23,26,27)/t14-,15+,19-. The maximum atomic E-state index is 11.1. The summed E-state index contributed by atoms with van der Waals surface area (Å²) >= 11 is 0. The van der Waals surface area contributed by atoms with Crippen LogP contribution in [-0.4, -0.2) is 42.9 Å². The second-order valence-corrected chi connectivity index (χ2v) is 8.04. The van der Waals surface area contributed by atoms with Gasteiger partial charge in [-0.25, -0.2) is 14.8 Å².